The van der Waals surface area contributed by atoms with E-state index < -0.39 is 0 Å². The van der Waals surface area contributed by atoms with Crippen LogP contribution >= 0.6 is 11.3 Å². The van der Waals surface area contributed by atoms with Crippen molar-refractivity contribution < 1.29 is 0 Å². The third kappa shape index (κ3) is 1.60. The Labute approximate surface area is 82.2 Å². The first kappa shape index (κ1) is 8.73. The summed E-state index contributed by atoms with van der Waals surface area (Å²) >= 11 is 1.88. The lowest BCUT2D eigenvalue weighted by Crippen LogP contribution is -1.94. The summed E-state index contributed by atoms with van der Waals surface area (Å²) in [5.74, 6) is 0. The molecule has 0 aliphatic rings. The second-order valence-electron chi connectivity index (χ2n) is 3.14. The first-order valence-electron chi connectivity index (χ1n) is 4.55. The van der Waals surface area contributed by atoms with E-state index in [9.17, 15) is 0 Å². The van der Waals surface area contributed by atoms with Crippen LogP contribution in [0.5, 0.6) is 0 Å². The van der Waals surface area contributed by atoms with Crippen molar-refractivity contribution in [3.63, 3.8) is 0 Å². The first-order valence-corrected chi connectivity index (χ1v) is 5.36. The first-order chi connectivity index (χ1) is 6.33. The predicted molar refractivity (Wildman–Crippen MR) is 59.1 cm³/mol. The highest BCUT2D eigenvalue weighted by atomic mass is 32.1. The Morgan fingerprint density at radius 2 is 2.15 bits per heavy atom. The van der Waals surface area contributed by atoms with Crippen LogP contribution in [-0.2, 0) is 13.0 Å². The third-order valence-electron chi connectivity index (χ3n) is 2.22. The molecule has 0 spiro atoms. The largest absolute Gasteiger partial charge is 0.326 e. The van der Waals surface area contributed by atoms with Crippen LogP contribution in [0.25, 0.3) is 10.1 Å². The van der Waals surface area contributed by atoms with Crippen LogP contribution in [0.2, 0.25) is 0 Å². The van der Waals surface area contributed by atoms with Gasteiger partial charge in [0.25, 0.3) is 0 Å². The van der Waals surface area contributed by atoms with Gasteiger partial charge in [0, 0.05) is 16.1 Å². The molecule has 0 fully saturated rings. The number of aryl methyl sites for hydroxylation is 1. The number of hydrogen-bond donors (Lipinski definition) is 1. The Balaban J connectivity index is 2.57. The summed E-state index contributed by atoms with van der Waals surface area (Å²) in [5.41, 5.74) is 6.80. The summed E-state index contributed by atoms with van der Waals surface area (Å²) in [4.78, 5) is 1.45. The minimum absolute atomic E-state index is 0.632. The number of fused-ring (bicyclic) bond motifs is 1. The maximum Gasteiger partial charge on any atom is 0.0345 e. The van der Waals surface area contributed by atoms with Crippen LogP contribution < -0.4 is 5.73 Å². The molecule has 1 aromatic heterocycles. The van der Waals surface area contributed by atoms with E-state index in [1.165, 1.54) is 20.5 Å². The van der Waals surface area contributed by atoms with Gasteiger partial charge in [0.15, 0.2) is 0 Å². The van der Waals surface area contributed by atoms with E-state index in [-0.39, 0.29) is 0 Å². The van der Waals surface area contributed by atoms with Crippen molar-refractivity contribution in [1.29, 1.82) is 0 Å². The van der Waals surface area contributed by atoms with Crippen molar-refractivity contribution >= 4 is 21.4 Å². The van der Waals surface area contributed by atoms with E-state index in [4.69, 9.17) is 5.73 Å². The lowest BCUT2D eigenvalue weighted by atomic mass is 10.1. The van der Waals surface area contributed by atoms with E-state index in [0.29, 0.717) is 6.54 Å². The highest BCUT2D eigenvalue weighted by molar-refractivity contribution is 7.19. The van der Waals surface area contributed by atoms with Crippen molar-refractivity contribution in [1.82, 2.24) is 0 Å². The van der Waals surface area contributed by atoms with Gasteiger partial charge in [0.2, 0.25) is 0 Å². The van der Waals surface area contributed by atoms with Gasteiger partial charge < -0.3 is 5.73 Å². The second-order valence-corrected chi connectivity index (χ2v) is 4.31. The second kappa shape index (κ2) is 3.48. The number of rotatable bonds is 2. The SMILES string of the molecule is CCc1cc2cc(CN)ccc2s1. The van der Waals surface area contributed by atoms with Crippen molar-refractivity contribution in [2.45, 2.75) is 19.9 Å². The molecule has 1 aromatic carbocycles. The van der Waals surface area contributed by atoms with Crippen LogP contribution in [0.15, 0.2) is 24.3 Å². The number of nitrogens with two attached hydrogens (primary N) is 1. The Bertz CT molecular complexity index is 415. The molecule has 0 aliphatic heterocycles. The van der Waals surface area contributed by atoms with Crippen LogP contribution in [0.4, 0.5) is 0 Å². The van der Waals surface area contributed by atoms with Crippen molar-refractivity contribution in [2.24, 2.45) is 5.73 Å². The molecule has 0 bridgehead atoms. The van der Waals surface area contributed by atoms with Crippen LogP contribution in [-0.4, -0.2) is 0 Å². The highest BCUT2D eigenvalue weighted by Gasteiger charge is 2.00. The molecule has 0 radical (unpaired) electrons. The van der Waals surface area contributed by atoms with E-state index in [1.54, 1.807) is 0 Å². The fraction of sp³-hybridized carbons (Fsp3) is 0.273. The van der Waals surface area contributed by atoms with Gasteiger partial charge in [0.05, 0.1) is 0 Å². The molecule has 13 heavy (non-hydrogen) atoms. The third-order valence-corrected chi connectivity index (χ3v) is 3.48. The van der Waals surface area contributed by atoms with Crippen LogP contribution in [0, 0.1) is 0 Å². The monoisotopic (exact) mass is 191 g/mol. The summed E-state index contributed by atoms with van der Waals surface area (Å²) in [7, 11) is 0. The summed E-state index contributed by atoms with van der Waals surface area (Å²) in [6.45, 7) is 2.82. The maximum atomic E-state index is 5.58. The fourth-order valence-electron chi connectivity index (χ4n) is 1.45. The quantitative estimate of drug-likeness (QED) is 0.776. The zero-order chi connectivity index (χ0) is 9.26. The highest BCUT2D eigenvalue weighted by Crippen LogP contribution is 2.26. The van der Waals surface area contributed by atoms with Gasteiger partial charge in [-0.3, -0.25) is 0 Å². The lowest BCUT2D eigenvalue weighted by molar-refractivity contribution is 1.08. The maximum absolute atomic E-state index is 5.58. The Kier molecular flexibility index (Phi) is 2.34. The van der Waals surface area contributed by atoms with Gasteiger partial charge in [-0.05, 0) is 35.6 Å². The normalized spacial score (nSPS) is 10.9. The average Bonchev–Trinajstić information content (AvgIpc) is 2.58. The fourth-order valence-corrected chi connectivity index (χ4v) is 2.43. The predicted octanol–water partition coefficient (Wildman–Crippen LogP) is 2.92. The summed E-state index contributed by atoms with van der Waals surface area (Å²) in [6.07, 6.45) is 1.12. The lowest BCUT2D eigenvalue weighted by Gasteiger charge is -1.94. The van der Waals surface area contributed by atoms with Crippen LogP contribution in [0.3, 0.4) is 0 Å². The standard InChI is InChI=1S/C11H13NS/c1-2-10-6-9-5-8(7-12)3-4-11(9)13-10/h3-6H,2,7,12H2,1H3. The topological polar surface area (TPSA) is 26.0 Å². The number of thiophene rings is 1. The molecular formula is C11H13NS. The Hall–Kier alpha value is -0.860. The summed E-state index contributed by atoms with van der Waals surface area (Å²) in [5, 5.41) is 1.34. The molecule has 0 saturated heterocycles. The molecule has 1 heterocycles. The molecule has 2 N–H and O–H groups in total. The molecule has 68 valence electrons. The summed E-state index contributed by atoms with van der Waals surface area (Å²) < 4.78 is 1.37. The minimum atomic E-state index is 0.632. The zero-order valence-corrected chi connectivity index (χ0v) is 8.53. The molecule has 2 aromatic rings. The van der Waals surface area contributed by atoms with Gasteiger partial charge in [0.1, 0.15) is 0 Å². The Morgan fingerprint density at radius 3 is 2.85 bits per heavy atom. The molecule has 2 rings (SSSR count). The van der Waals surface area contributed by atoms with Gasteiger partial charge in [-0.15, -0.1) is 11.3 Å². The van der Waals surface area contributed by atoms with Crippen molar-refractivity contribution in [2.75, 3.05) is 0 Å². The summed E-state index contributed by atoms with van der Waals surface area (Å²) in [6, 6.07) is 8.73. The molecule has 0 amide bonds. The zero-order valence-electron chi connectivity index (χ0n) is 7.71. The molecule has 0 aliphatic carbocycles. The number of benzene rings is 1. The van der Waals surface area contributed by atoms with Crippen molar-refractivity contribution in [3.05, 3.63) is 34.7 Å². The van der Waals surface area contributed by atoms with E-state index in [0.717, 1.165) is 6.42 Å². The van der Waals surface area contributed by atoms with Gasteiger partial charge in [-0.1, -0.05) is 13.0 Å². The Morgan fingerprint density at radius 1 is 1.31 bits per heavy atom. The molecule has 0 saturated carbocycles. The molecule has 2 heteroatoms. The van der Waals surface area contributed by atoms with E-state index >= 15 is 0 Å². The molecular weight excluding hydrogens is 178 g/mol. The van der Waals surface area contributed by atoms with Gasteiger partial charge in [-0.25, -0.2) is 0 Å². The molecule has 0 atom stereocenters. The van der Waals surface area contributed by atoms with Gasteiger partial charge >= 0.3 is 0 Å². The van der Waals surface area contributed by atoms with Crippen molar-refractivity contribution in [3.8, 4) is 0 Å². The smallest absolute Gasteiger partial charge is 0.0345 e. The van der Waals surface area contributed by atoms with E-state index in [1.807, 2.05) is 11.3 Å². The minimum Gasteiger partial charge on any atom is -0.326 e. The number of hydrogen-bond acceptors (Lipinski definition) is 2. The van der Waals surface area contributed by atoms with Crippen LogP contribution in [0.1, 0.15) is 17.4 Å². The molecule has 0 unspecified atom stereocenters. The average molecular weight is 191 g/mol. The van der Waals surface area contributed by atoms with Gasteiger partial charge in [-0.2, -0.15) is 0 Å². The molecule has 1 nitrogen and oxygen atoms in total. The van der Waals surface area contributed by atoms with E-state index in [2.05, 4.69) is 31.2 Å².